The quantitative estimate of drug-likeness (QED) is 0.607. The molecule has 3 aromatic rings. The molecule has 3 rings (SSSR count). The fourth-order valence-electron chi connectivity index (χ4n) is 3.01. The minimum absolute atomic E-state index is 0.0749. The topological polar surface area (TPSA) is 107 Å². The molecule has 2 aromatic carbocycles. The number of aromatic nitrogens is 2. The highest BCUT2D eigenvalue weighted by molar-refractivity contribution is 7.90. The van der Waals surface area contributed by atoms with Crippen LogP contribution in [-0.4, -0.2) is 24.1 Å². The summed E-state index contributed by atoms with van der Waals surface area (Å²) in [4.78, 5) is 13.0. The third-order valence-electron chi connectivity index (χ3n) is 4.78. The van der Waals surface area contributed by atoms with E-state index in [1.165, 1.54) is 18.2 Å². The number of nitrogens with one attached hydrogen (secondary N) is 1. The molecule has 0 saturated carbocycles. The molecule has 30 heavy (non-hydrogen) atoms. The van der Waals surface area contributed by atoms with Crippen LogP contribution in [0.3, 0.4) is 0 Å². The van der Waals surface area contributed by atoms with Crippen molar-refractivity contribution in [1.29, 1.82) is 0 Å². The fourth-order valence-corrected chi connectivity index (χ4v) is 4.03. The molecule has 8 heteroatoms. The summed E-state index contributed by atoms with van der Waals surface area (Å²) in [5, 5.41) is 4.64. The highest BCUT2D eigenvalue weighted by Crippen LogP contribution is 2.26. The van der Waals surface area contributed by atoms with E-state index in [4.69, 9.17) is 5.73 Å². The van der Waals surface area contributed by atoms with Crippen LogP contribution in [0.25, 0.3) is 0 Å². The lowest BCUT2D eigenvalue weighted by Crippen LogP contribution is -2.33. The number of amides is 1. The Bertz CT molecular complexity index is 1160. The molecule has 0 spiro atoms. The summed E-state index contributed by atoms with van der Waals surface area (Å²) >= 11 is 0. The van der Waals surface area contributed by atoms with Gasteiger partial charge >= 0.3 is 0 Å². The van der Waals surface area contributed by atoms with Gasteiger partial charge in [-0.3, -0.25) is 9.48 Å². The van der Waals surface area contributed by atoms with E-state index < -0.39 is 15.9 Å². The molecule has 158 valence electrons. The normalized spacial score (nSPS) is 13.1. The molecule has 0 aliphatic heterocycles. The molecule has 1 amide bonds. The monoisotopic (exact) mass is 426 g/mol. The number of sulfonamides is 1. The molecule has 0 bridgehead atoms. The number of carbonyl (C=O) groups excluding carboxylic acids is 1. The Morgan fingerprint density at radius 1 is 1.07 bits per heavy atom. The van der Waals surface area contributed by atoms with Gasteiger partial charge in [-0.25, -0.2) is 13.1 Å². The number of benzene rings is 2. The number of carbonyl (C=O) groups is 1. The standard InChI is InChI=1S/C22H26N4O3S/c1-15(16-9-6-5-7-10-16)26-19(14-20(24-26)22(2,3)4)21(27)25-30(28,29)18-12-8-11-17(23)13-18/h5-15H,23H2,1-4H3,(H,25,27)/t15-/m0/s1. The van der Waals surface area contributed by atoms with Gasteiger partial charge in [0.2, 0.25) is 0 Å². The summed E-state index contributed by atoms with van der Waals surface area (Å²) in [5.41, 5.74) is 7.48. The number of anilines is 1. The zero-order valence-electron chi connectivity index (χ0n) is 17.5. The average Bonchev–Trinajstić information content (AvgIpc) is 3.14. The van der Waals surface area contributed by atoms with Gasteiger partial charge in [0.05, 0.1) is 16.6 Å². The van der Waals surface area contributed by atoms with Crippen molar-refractivity contribution in [2.24, 2.45) is 0 Å². The second-order valence-corrected chi connectivity index (χ2v) is 9.89. The smallest absolute Gasteiger partial charge is 0.283 e. The molecule has 0 fully saturated rings. The van der Waals surface area contributed by atoms with Gasteiger partial charge < -0.3 is 5.73 Å². The molecule has 1 heterocycles. The van der Waals surface area contributed by atoms with Crippen LogP contribution in [0.1, 0.15) is 55.5 Å². The first-order chi connectivity index (χ1) is 14.0. The van der Waals surface area contributed by atoms with Gasteiger partial charge in [-0.2, -0.15) is 5.10 Å². The molecule has 0 aliphatic rings. The van der Waals surface area contributed by atoms with Gasteiger partial charge in [0.25, 0.3) is 15.9 Å². The maximum absolute atomic E-state index is 13.0. The lowest BCUT2D eigenvalue weighted by atomic mass is 9.92. The zero-order valence-corrected chi connectivity index (χ0v) is 18.3. The minimum atomic E-state index is -4.08. The van der Waals surface area contributed by atoms with Crippen molar-refractivity contribution in [3.63, 3.8) is 0 Å². The minimum Gasteiger partial charge on any atom is -0.399 e. The summed E-state index contributed by atoms with van der Waals surface area (Å²) in [6, 6.07) is 16.8. The van der Waals surface area contributed by atoms with Crippen LogP contribution in [0.15, 0.2) is 65.6 Å². The number of nitrogens with zero attached hydrogens (tertiary/aromatic N) is 2. The van der Waals surface area contributed by atoms with Gasteiger partial charge in [0, 0.05) is 11.1 Å². The van der Waals surface area contributed by atoms with Gasteiger partial charge in [-0.1, -0.05) is 57.2 Å². The Hall–Kier alpha value is -3.13. The van der Waals surface area contributed by atoms with Crippen LogP contribution in [0.4, 0.5) is 5.69 Å². The van der Waals surface area contributed by atoms with Gasteiger partial charge in [0.15, 0.2) is 0 Å². The Labute approximate surface area is 177 Å². The Morgan fingerprint density at radius 3 is 2.33 bits per heavy atom. The summed E-state index contributed by atoms with van der Waals surface area (Å²) in [5.74, 6) is -0.747. The largest absolute Gasteiger partial charge is 0.399 e. The number of hydrogen-bond acceptors (Lipinski definition) is 5. The van der Waals surface area contributed by atoms with Crippen LogP contribution in [0, 0.1) is 0 Å². The van der Waals surface area contributed by atoms with Gasteiger partial charge in [-0.15, -0.1) is 0 Å². The van der Waals surface area contributed by atoms with Crippen molar-refractivity contribution < 1.29 is 13.2 Å². The maximum Gasteiger partial charge on any atom is 0.283 e. The predicted molar refractivity (Wildman–Crippen MR) is 117 cm³/mol. The van der Waals surface area contributed by atoms with Crippen LogP contribution >= 0.6 is 0 Å². The van der Waals surface area contributed by atoms with Crippen molar-refractivity contribution in [3.8, 4) is 0 Å². The molecule has 1 aromatic heterocycles. The molecule has 0 unspecified atom stereocenters. The molecule has 0 radical (unpaired) electrons. The molecule has 3 N–H and O–H groups in total. The zero-order chi connectivity index (χ0) is 22.1. The van der Waals surface area contributed by atoms with E-state index in [0.717, 1.165) is 5.56 Å². The van der Waals surface area contributed by atoms with Crippen molar-refractivity contribution >= 4 is 21.6 Å². The second kappa shape index (κ2) is 7.95. The number of nitrogen functional groups attached to an aromatic ring is 1. The van der Waals surface area contributed by atoms with Crippen LogP contribution < -0.4 is 10.5 Å². The van der Waals surface area contributed by atoms with E-state index in [-0.39, 0.29) is 22.0 Å². The first-order valence-electron chi connectivity index (χ1n) is 9.57. The van der Waals surface area contributed by atoms with Crippen LogP contribution in [-0.2, 0) is 15.4 Å². The highest BCUT2D eigenvalue weighted by Gasteiger charge is 2.28. The maximum atomic E-state index is 13.0. The van der Waals surface area contributed by atoms with E-state index in [0.29, 0.717) is 11.4 Å². The lowest BCUT2D eigenvalue weighted by molar-refractivity contribution is 0.0969. The van der Waals surface area contributed by atoms with Crippen LogP contribution in [0.5, 0.6) is 0 Å². The SMILES string of the molecule is C[C@@H](c1ccccc1)n1nc(C(C)(C)C)cc1C(=O)NS(=O)(=O)c1cccc(N)c1. The van der Waals surface area contributed by atoms with E-state index in [1.54, 1.807) is 16.8 Å². The van der Waals surface area contributed by atoms with Crippen LogP contribution in [0.2, 0.25) is 0 Å². The fraction of sp³-hybridized carbons (Fsp3) is 0.273. The van der Waals surface area contributed by atoms with E-state index in [2.05, 4.69) is 9.82 Å². The first-order valence-corrected chi connectivity index (χ1v) is 11.0. The average molecular weight is 427 g/mol. The third kappa shape index (κ3) is 4.54. The molecular formula is C22H26N4O3S. The second-order valence-electron chi connectivity index (χ2n) is 8.20. The van der Waals surface area contributed by atoms with E-state index in [1.807, 2.05) is 58.0 Å². The van der Waals surface area contributed by atoms with Crippen molar-refractivity contribution in [2.75, 3.05) is 5.73 Å². The predicted octanol–water partition coefficient (Wildman–Crippen LogP) is 3.49. The molecule has 7 nitrogen and oxygen atoms in total. The molecule has 0 aliphatic carbocycles. The summed E-state index contributed by atoms with van der Waals surface area (Å²) in [6.07, 6.45) is 0. The summed E-state index contributed by atoms with van der Waals surface area (Å²) in [7, 11) is -4.08. The van der Waals surface area contributed by atoms with E-state index >= 15 is 0 Å². The Morgan fingerprint density at radius 2 is 1.73 bits per heavy atom. The summed E-state index contributed by atoms with van der Waals surface area (Å²) in [6.45, 7) is 7.87. The van der Waals surface area contributed by atoms with E-state index in [9.17, 15) is 13.2 Å². The molecule has 1 atom stereocenters. The molecule has 0 saturated heterocycles. The Balaban J connectivity index is 2.01. The van der Waals surface area contributed by atoms with Crippen molar-refractivity contribution in [2.45, 2.75) is 44.0 Å². The van der Waals surface area contributed by atoms with Gasteiger partial charge in [-0.05, 0) is 36.8 Å². The number of nitrogens with two attached hydrogens (primary N) is 1. The third-order valence-corrected chi connectivity index (χ3v) is 6.11. The number of hydrogen-bond donors (Lipinski definition) is 2. The van der Waals surface area contributed by atoms with Crippen molar-refractivity contribution in [1.82, 2.24) is 14.5 Å². The van der Waals surface area contributed by atoms with Crippen molar-refractivity contribution in [3.05, 3.63) is 77.6 Å². The molecular weight excluding hydrogens is 400 g/mol. The Kier molecular flexibility index (Phi) is 5.72. The lowest BCUT2D eigenvalue weighted by Gasteiger charge is -2.17. The first kappa shape index (κ1) is 21.6. The number of rotatable bonds is 5. The summed E-state index contributed by atoms with van der Waals surface area (Å²) < 4.78 is 29.1. The van der Waals surface area contributed by atoms with Gasteiger partial charge in [0.1, 0.15) is 5.69 Å². The highest BCUT2D eigenvalue weighted by atomic mass is 32.2.